The lowest BCUT2D eigenvalue weighted by Gasteiger charge is -2.31. The molecule has 1 aromatic rings. The van der Waals surface area contributed by atoms with E-state index in [1.807, 2.05) is 35.2 Å². The van der Waals surface area contributed by atoms with Crippen molar-refractivity contribution in [2.24, 2.45) is 0 Å². The van der Waals surface area contributed by atoms with Crippen LogP contribution in [0, 0.1) is 0 Å². The van der Waals surface area contributed by atoms with Gasteiger partial charge in [-0.05, 0) is 31.4 Å². The third kappa shape index (κ3) is 4.71. The summed E-state index contributed by atoms with van der Waals surface area (Å²) in [4.78, 5) is 15.0. The summed E-state index contributed by atoms with van der Waals surface area (Å²) in [7, 11) is -3.16. The number of sulfonamides is 1. The molecule has 0 N–H and O–H groups in total. The molecule has 3 rings (SSSR count). The molecule has 1 saturated heterocycles. The first-order valence-corrected chi connectivity index (χ1v) is 11.4. The summed E-state index contributed by atoms with van der Waals surface area (Å²) < 4.78 is 30.9. The fraction of sp³-hybridized carbons (Fsp3) is 0.550. The molecule has 1 fully saturated rings. The molecule has 2 aliphatic rings. The Kier molecular flexibility index (Phi) is 6.22. The Hall–Kier alpha value is -1.86. The zero-order chi connectivity index (χ0) is 19.4. The average Bonchev–Trinajstić information content (AvgIpc) is 3.10. The maximum absolute atomic E-state index is 13.1. The van der Waals surface area contributed by atoms with E-state index >= 15 is 0 Å². The number of piperidine rings is 1. The van der Waals surface area contributed by atoms with Crippen molar-refractivity contribution in [2.45, 2.75) is 44.8 Å². The van der Waals surface area contributed by atoms with Crippen molar-refractivity contribution in [3.8, 4) is 5.75 Å². The van der Waals surface area contributed by atoms with Gasteiger partial charge >= 0.3 is 0 Å². The summed E-state index contributed by atoms with van der Waals surface area (Å²) in [5, 5.41) is 0. The normalized spacial score (nSPS) is 21.6. The molecular formula is C20H28N2O4S. The highest BCUT2D eigenvalue weighted by molar-refractivity contribution is 7.88. The van der Waals surface area contributed by atoms with Gasteiger partial charge in [0.05, 0.1) is 17.9 Å². The number of nitrogens with zero attached hydrogens (tertiary/aromatic N) is 2. The molecule has 1 unspecified atom stereocenters. The van der Waals surface area contributed by atoms with Crippen molar-refractivity contribution in [2.75, 3.05) is 25.9 Å². The quantitative estimate of drug-likeness (QED) is 0.698. The van der Waals surface area contributed by atoms with E-state index in [-0.39, 0.29) is 18.1 Å². The lowest BCUT2D eigenvalue weighted by Crippen LogP contribution is -2.41. The van der Waals surface area contributed by atoms with Gasteiger partial charge in [-0.2, -0.15) is 0 Å². The maximum atomic E-state index is 13.1. The second-order valence-corrected chi connectivity index (χ2v) is 9.20. The van der Waals surface area contributed by atoms with E-state index in [0.29, 0.717) is 43.8 Å². The van der Waals surface area contributed by atoms with Gasteiger partial charge in [-0.1, -0.05) is 37.6 Å². The van der Waals surface area contributed by atoms with Crippen LogP contribution in [0.4, 0.5) is 0 Å². The molecule has 0 aromatic heterocycles. The molecule has 6 nitrogen and oxygen atoms in total. The van der Waals surface area contributed by atoms with Gasteiger partial charge in [-0.15, -0.1) is 0 Å². The van der Waals surface area contributed by atoms with Crippen LogP contribution in [0.1, 0.15) is 43.0 Å². The Balaban J connectivity index is 1.69. The second kappa shape index (κ2) is 8.44. The van der Waals surface area contributed by atoms with Crippen LogP contribution in [0.5, 0.6) is 5.75 Å². The van der Waals surface area contributed by atoms with E-state index in [0.717, 1.165) is 12.8 Å². The number of hydrogen-bond acceptors (Lipinski definition) is 4. The predicted molar refractivity (Wildman–Crippen MR) is 105 cm³/mol. The zero-order valence-corrected chi connectivity index (χ0v) is 16.8. The number of benzene rings is 1. The third-order valence-electron chi connectivity index (χ3n) is 5.19. The number of rotatable bonds is 6. The van der Waals surface area contributed by atoms with Gasteiger partial charge in [0.1, 0.15) is 11.9 Å². The van der Waals surface area contributed by atoms with Crippen molar-refractivity contribution in [3.05, 3.63) is 42.0 Å². The van der Waals surface area contributed by atoms with E-state index in [4.69, 9.17) is 4.74 Å². The minimum Gasteiger partial charge on any atom is -0.489 e. The number of ether oxygens (including phenoxy) is 1. The number of amides is 1. The van der Waals surface area contributed by atoms with E-state index in [2.05, 4.69) is 13.0 Å². The highest BCUT2D eigenvalue weighted by Gasteiger charge is 2.29. The molecule has 1 aromatic carbocycles. The molecule has 0 bridgehead atoms. The van der Waals surface area contributed by atoms with Crippen LogP contribution in [-0.4, -0.2) is 61.6 Å². The van der Waals surface area contributed by atoms with Crippen LogP contribution in [0.2, 0.25) is 0 Å². The largest absolute Gasteiger partial charge is 0.489 e. The first-order chi connectivity index (χ1) is 12.9. The number of para-hydroxylation sites is 1. The SMILES string of the molecule is CCCC1C=CCN1C(=O)c1ccccc1OC1CCN(S(C)(=O)=O)CC1. The Morgan fingerprint density at radius 2 is 1.93 bits per heavy atom. The average molecular weight is 393 g/mol. The van der Waals surface area contributed by atoms with Gasteiger partial charge in [0.2, 0.25) is 10.0 Å². The Morgan fingerprint density at radius 1 is 1.22 bits per heavy atom. The van der Waals surface area contributed by atoms with Crippen molar-refractivity contribution in [3.63, 3.8) is 0 Å². The van der Waals surface area contributed by atoms with Crippen molar-refractivity contribution in [1.29, 1.82) is 0 Å². The maximum Gasteiger partial charge on any atom is 0.258 e. The van der Waals surface area contributed by atoms with Gasteiger partial charge in [0.15, 0.2) is 0 Å². The number of hydrogen-bond donors (Lipinski definition) is 0. The smallest absolute Gasteiger partial charge is 0.258 e. The van der Waals surface area contributed by atoms with Crippen LogP contribution < -0.4 is 4.74 Å². The van der Waals surface area contributed by atoms with Gasteiger partial charge in [-0.25, -0.2) is 12.7 Å². The summed E-state index contributed by atoms with van der Waals surface area (Å²) in [6.45, 7) is 3.65. The van der Waals surface area contributed by atoms with E-state index in [1.165, 1.54) is 10.6 Å². The Bertz CT molecular complexity index is 798. The monoisotopic (exact) mass is 392 g/mol. The second-order valence-electron chi connectivity index (χ2n) is 7.22. The molecule has 0 radical (unpaired) electrons. The fourth-order valence-corrected chi connectivity index (χ4v) is 4.59. The number of carbonyl (C=O) groups excluding carboxylic acids is 1. The Morgan fingerprint density at radius 3 is 2.59 bits per heavy atom. The first-order valence-electron chi connectivity index (χ1n) is 9.58. The lowest BCUT2D eigenvalue weighted by molar-refractivity contribution is 0.0732. The summed E-state index contributed by atoms with van der Waals surface area (Å²) >= 11 is 0. The summed E-state index contributed by atoms with van der Waals surface area (Å²) in [6.07, 6.45) is 8.52. The molecule has 1 atom stereocenters. The summed E-state index contributed by atoms with van der Waals surface area (Å²) in [5.74, 6) is 0.574. The van der Waals surface area contributed by atoms with E-state index in [1.54, 1.807) is 0 Å². The van der Waals surface area contributed by atoms with E-state index < -0.39 is 10.0 Å². The molecule has 27 heavy (non-hydrogen) atoms. The van der Waals surface area contributed by atoms with Gasteiger partial charge in [-0.3, -0.25) is 4.79 Å². The summed E-state index contributed by atoms with van der Waals surface area (Å²) in [6, 6.07) is 7.50. The molecule has 0 aliphatic carbocycles. The lowest BCUT2D eigenvalue weighted by atomic mass is 10.1. The van der Waals surface area contributed by atoms with E-state index in [9.17, 15) is 13.2 Å². The fourth-order valence-electron chi connectivity index (χ4n) is 3.71. The predicted octanol–water partition coefficient (Wildman–Crippen LogP) is 2.67. The zero-order valence-electron chi connectivity index (χ0n) is 16.0. The van der Waals surface area contributed by atoms with Gasteiger partial charge < -0.3 is 9.64 Å². The molecule has 0 spiro atoms. The molecule has 1 amide bonds. The highest BCUT2D eigenvalue weighted by atomic mass is 32.2. The van der Waals surface area contributed by atoms with Gasteiger partial charge in [0, 0.05) is 19.6 Å². The standard InChI is InChI=1S/C20H28N2O4S/c1-3-7-16-8-6-13-22(16)20(23)18-9-4-5-10-19(18)26-17-11-14-21(15-12-17)27(2,24)25/h4-6,8-10,16-17H,3,7,11-15H2,1-2H3. The minimum atomic E-state index is -3.16. The molecule has 148 valence electrons. The number of carbonyl (C=O) groups is 1. The van der Waals surface area contributed by atoms with Crippen LogP contribution in [0.3, 0.4) is 0 Å². The van der Waals surface area contributed by atoms with Crippen LogP contribution in [-0.2, 0) is 10.0 Å². The highest BCUT2D eigenvalue weighted by Crippen LogP contribution is 2.27. The minimum absolute atomic E-state index is 0.0115. The van der Waals surface area contributed by atoms with Crippen molar-refractivity contribution < 1.29 is 17.9 Å². The van der Waals surface area contributed by atoms with Crippen LogP contribution in [0.25, 0.3) is 0 Å². The van der Waals surface area contributed by atoms with Gasteiger partial charge in [0.25, 0.3) is 5.91 Å². The molecular weight excluding hydrogens is 364 g/mol. The molecule has 2 aliphatic heterocycles. The molecule has 2 heterocycles. The van der Waals surface area contributed by atoms with Crippen LogP contribution >= 0.6 is 0 Å². The summed E-state index contributed by atoms with van der Waals surface area (Å²) in [5.41, 5.74) is 0.577. The Labute approximate surface area is 161 Å². The molecule has 7 heteroatoms. The van der Waals surface area contributed by atoms with Crippen LogP contribution in [0.15, 0.2) is 36.4 Å². The molecule has 0 saturated carbocycles. The third-order valence-corrected chi connectivity index (χ3v) is 6.49. The van der Waals surface area contributed by atoms with Crippen molar-refractivity contribution in [1.82, 2.24) is 9.21 Å². The van der Waals surface area contributed by atoms with Crippen molar-refractivity contribution >= 4 is 15.9 Å². The first kappa shape index (κ1) is 19.9. The topological polar surface area (TPSA) is 66.9 Å².